The smallest absolute Gasteiger partial charge is 0.364 e. The molecule has 0 saturated carbocycles. The third-order valence-corrected chi connectivity index (χ3v) is 14.5. The molecule has 21 N–H and O–H groups in total. The van der Waals surface area contributed by atoms with Gasteiger partial charge in [-0.3, -0.25) is 14.4 Å². The molecule has 6 heterocycles. The summed E-state index contributed by atoms with van der Waals surface area (Å²) in [5, 5.41) is 201. The summed E-state index contributed by atoms with van der Waals surface area (Å²) in [5.74, 6) is -7.84. The van der Waals surface area contributed by atoms with Crippen LogP contribution in [-0.4, -0.2) is 338 Å². The summed E-state index contributed by atoms with van der Waals surface area (Å²) in [6.45, 7) is -0.900. The molecule has 36 heteroatoms. The lowest BCUT2D eigenvalue weighted by Gasteiger charge is -2.51. The van der Waals surface area contributed by atoms with Crippen molar-refractivity contribution in [1.82, 2.24) is 16.0 Å². The Morgan fingerprint density at radius 3 is 1.63 bits per heavy atom. The number of carbonyl (C=O) groups excluding carboxylic acids is 3. The molecule has 0 bridgehead atoms. The van der Waals surface area contributed by atoms with E-state index in [2.05, 4.69) is 16.0 Å². The molecule has 6 saturated heterocycles. The first-order chi connectivity index (χ1) is 38.0. The average molecular weight is 1190 g/mol. The van der Waals surface area contributed by atoms with Gasteiger partial charge in [-0.25, -0.2) is 4.79 Å². The lowest BCUT2D eigenvalue weighted by Crippen LogP contribution is -2.71. The van der Waals surface area contributed by atoms with Crippen LogP contribution in [0, 0.1) is 0 Å². The van der Waals surface area contributed by atoms with Crippen LogP contribution in [0.1, 0.15) is 34.1 Å². The van der Waals surface area contributed by atoms with E-state index in [0.717, 1.165) is 20.8 Å². The summed E-state index contributed by atoms with van der Waals surface area (Å²) < 4.78 is 64.2. The van der Waals surface area contributed by atoms with Gasteiger partial charge in [0, 0.05) is 27.2 Å². The lowest BCUT2D eigenvalue weighted by molar-refractivity contribution is -0.386. The van der Waals surface area contributed by atoms with Crippen LogP contribution in [0.4, 0.5) is 0 Å². The molecule has 6 aliphatic heterocycles. The molecule has 31 atom stereocenters. The summed E-state index contributed by atoms with van der Waals surface area (Å²) >= 11 is 0. The van der Waals surface area contributed by atoms with E-state index in [1.165, 1.54) is 6.92 Å². The Labute approximate surface area is 459 Å². The Hall–Kier alpha value is -3.24. The maximum atomic E-state index is 13.0. The van der Waals surface area contributed by atoms with E-state index in [1.54, 1.807) is 0 Å². The van der Waals surface area contributed by atoms with Crippen LogP contribution >= 0.6 is 0 Å². The van der Waals surface area contributed by atoms with E-state index >= 15 is 0 Å². The molecule has 0 aliphatic carbocycles. The van der Waals surface area contributed by atoms with Crippen LogP contribution in [0.15, 0.2) is 0 Å². The van der Waals surface area contributed by atoms with E-state index in [4.69, 9.17) is 52.1 Å². The zero-order valence-corrected chi connectivity index (χ0v) is 43.7. The first-order valence-electron chi connectivity index (χ1n) is 25.6. The molecule has 0 radical (unpaired) electrons. The summed E-state index contributed by atoms with van der Waals surface area (Å²) in [5.41, 5.74) is 0. The molecule has 0 aromatic rings. The number of nitrogens with one attached hydrogen (secondary N) is 3. The molecule has 0 aromatic carbocycles. The van der Waals surface area contributed by atoms with Crippen LogP contribution in [0.2, 0.25) is 0 Å². The second kappa shape index (κ2) is 28.3. The Morgan fingerprint density at radius 1 is 0.531 bits per heavy atom. The maximum absolute atomic E-state index is 13.0. The minimum atomic E-state index is -3.22. The Kier molecular flexibility index (Phi) is 23.4. The number of carboxylic acids is 1. The SMILES string of the molecule is CC(=O)N[C@H]1[C@H](O[C@H]2[C@H](O[C@@H]3O[C@@H](C)[C@@H](O)[C@@H](O)[C@@H]3O)[C@@H](NC(C)=O)[C@H](OC[C@H]3OC(O)[C@H](NC(C)=O)[C@@H](O[C@@H]4O[C@H](CO)[C@H](O)[C@H](O[C@]5(C(=O)O)C[C@H](O)[C@@H](O)[C@H]([C@H](O)[C@H](O)CO)O5)[C@H]4O)[C@H]3O)O[C@@H]2CO)O[C@H](CO)[C@H](O)[C@@H]1O. The largest absolute Gasteiger partial charge is 0.477 e. The van der Waals surface area contributed by atoms with Gasteiger partial charge in [0.15, 0.2) is 31.5 Å². The average Bonchev–Trinajstić information content (AvgIpc) is 3.57. The number of ether oxygens (including phenoxy) is 11. The van der Waals surface area contributed by atoms with Crippen LogP contribution in [-0.2, 0) is 71.3 Å². The number of hydrogen-bond acceptors (Lipinski definition) is 32. The fourth-order valence-electron chi connectivity index (χ4n) is 10.2. The molecular weight excluding hydrogens is 1110 g/mol. The van der Waals surface area contributed by atoms with Crippen molar-refractivity contribution in [2.75, 3.05) is 33.0 Å². The molecule has 1 unspecified atom stereocenters. The Bertz CT molecular complexity index is 2080. The molecule has 0 aromatic heterocycles. The summed E-state index contributed by atoms with van der Waals surface area (Å²) in [4.78, 5) is 50.8. The predicted molar refractivity (Wildman–Crippen MR) is 250 cm³/mol. The monoisotopic (exact) mass is 1190 g/mol. The molecular formula is C45H75N3O33. The van der Waals surface area contributed by atoms with Crippen molar-refractivity contribution in [2.45, 2.75) is 224 Å². The normalized spacial score (nSPS) is 46.7. The van der Waals surface area contributed by atoms with Crippen molar-refractivity contribution < 1.29 is 163 Å². The number of aliphatic hydroxyl groups excluding tert-OH is 17. The fourth-order valence-corrected chi connectivity index (χ4v) is 10.2. The number of carboxylic acid groups (broad SMARTS) is 1. The first kappa shape index (κ1) is 66.9. The van der Waals surface area contributed by atoms with E-state index in [0.29, 0.717) is 0 Å². The minimum Gasteiger partial charge on any atom is -0.477 e. The standard InChI is InChI=1S/C45H75N3O33/c1-11-24(58)31(65)32(66)42(72-11)79-36-23(48-14(4)55)40(76-19(9-52)34(36)77-41-21(46-12(2)53)30(64)27(61)17(7-50)74-41)71-10-20-29(63)35(22(39(68)73-20)47-13(3)54)78-43-33(67)38(28(62)18(8-51)75-43)81-45(44(69)70)5-15(56)25(59)37(80-45)26(60)16(57)6-49/h11,15-43,49-52,56-68H,5-10H2,1-4H3,(H,46,53)(H,47,54)(H,48,55)(H,69,70)/t11-,15-,16+,17+,18+,19+,20+,21+,22+,23+,24+,25+,26+,27-,28-,29-,30+,31+,32-,33+,34+,35+,36+,37+,38-,39?,40+,41-,42-,43-,45-/m0/s1. The van der Waals surface area contributed by atoms with Gasteiger partial charge in [0.1, 0.15) is 140 Å². The number of aliphatic hydroxyl groups is 17. The molecule has 6 aliphatic rings. The van der Waals surface area contributed by atoms with Crippen molar-refractivity contribution in [2.24, 2.45) is 0 Å². The van der Waals surface area contributed by atoms with Crippen molar-refractivity contribution in [3.8, 4) is 0 Å². The van der Waals surface area contributed by atoms with E-state index in [-0.39, 0.29) is 0 Å². The maximum Gasteiger partial charge on any atom is 0.364 e. The van der Waals surface area contributed by atoms with Gasteiger partial charge in [-0.1, -0.05) is 0 Å². The molecule has 0 spiro atoms. The zero-order valence-electron chi connectivity index (χ0n) is 43.7. The molecule has 6 fully saturated rings. The van der Waals surface area contributed by atoms with Crippen LogP contribution in [0.3, 0.4) is 0 Å². The summed E-state index contributed by atoms with van der Waals surface area (Å²) in [7, 11) is 0. The molecule has 81 heavy (non-hydrogen) atoms. The van der Waals surface area contributed by atoms with E-state index in [1.807, 2.05) is 0 Å². The molecule has 6 rings (SSSR count). The van der Waals surface area contributed by atoms with Gasteiger partial charge in [0.05, 0.1) is 45.2 Å². The number of rotatable bonds is 21. The van der Waals surface area contributed by atoms with Gasteiger partial charge in [0.25, 0.3) is 5.79 Å². The van der Waals surface area contributed by atoms with Gasteiger partial charge in [-0.2, -0.15) is 0 Å². The van der Waals surface area contributed by atoms with Crippen molar-refractivity contribution in [3.63, 3.8) is 0 Å². The predicted octanol–water partition coefficient (Wildman–Crippen LogP) is -13.4. The number of hydrogen-bond donors (Lipinski definition) is 21. The first-order valence-corrected chi connectivity index (χ1v) is 25.6. The van der Waals surface area contributed by atoms with Crippen LogP contribution in [0.25, 0.3) is 0 Å². The van der Waals surface area contributed by atoms with Gasteiger partial charge < -0.3 is 160 Å². The molecule has 36 nitrogen and oxygen atoms in total. The topological polar surface area (TPSA) is 570 Å². The van der Waals surface area contributed by atoms with Crippen LogP contribution in [0.5, 0.6) is 0 Å². The highest BCUT2D eigenvalue weighted by Gasteiger charge is 2.61. The van der Waals surface area contributed by atoms with E-state index < -0.39 is 253 Å². The third kappa shape index (κ3) is 14.7. The molecule has 3 amide bonds. The Morgan fingerprint density at radius 2 is 1.05 bits per heavy atom. The molecule has 468 valence electrons. The second-order valence-electron chi connectivity index (χ2n) is 20.4. The second-order valence-corrected chi connectivity index (χ2v) is 20.4. The van der Waals surface area contributed by atoms with Crippen molar-refractivity contribution in [3.05, 3.63) is 0 Å². The fraction of sp³-hybridized carbons (Fsp3) is 0.911. The highest BCUT2D eigenvalue weighted by molar-refractivity contribution is 5.76. The third-order valence-electron chi connectivity index (χ3n) is 14.5. The van der Waals surface area contributed by atoms with E-state index in [9.17, 15) is 111 Å². The number of aliphatic carboxylic acids is 1. The zero-order chi connectivity index (χ0) is 60.3. The van der Waals surface area contributed by atoms with Gasteiger partial charge >= 0.3 is 5.97 Å². The quantitative estimate of drug-likeness (QED) is 0.0507. The minimum absolute atomic E-state index is 0.777. The van der Waals surface area contributed by atoms with Crippen molar-refractivity contribution >= 4 is 23.7 Å². The van der Waals surface area contributed by atoms with Crippen molar-refractivity contribution in [1.29, 1.82) is 0 Å². The number of amides is 3. The van der Waals surface area contributed by atoms with Gasteiger partial charge in [-0.05, 0) is 6.92 Å². The Balaban J connectivity index is 1.31. The van der Waals surface area contributed by atoms with Gasteiger partial charge in [0.2, 0.25) is 17.7 Å². The summed E-state index contributed by atoms with van der Waals surface area (Å²) in [6.07, 6.45) is -54.7. The van der Waals surface area contributed by atoms with Crippen LogP contribution < -0.4 is 16.0 Å². The summed E-state index contributed by atoms with van der Waals surface area (Å²) in [6, 6.07) is -5.21. The highest BCUT2D eigenvalue weighted by Crippen LogP contribution is 2.39. The highest BCUT2D eigenvalue weighted by atomic mass is 16.8. The number of carbonyl (C=O) groups is 4. The van der Waals surface area contributed by atoms with Gasteiger partial charge in [-0.15, -0.1) is 0 Å². The lowest BCUT2D eigenvalue weighted by atomic mass is 9.90.